The van der Waals surface area contributed by atoms with Crippen molar-refractivity contribution in [3.8, 4) is 0 Å². The highest BCUT2D eigenvalue weighted by atomic mass is 16.2. The molecular weight excluding hydrogens is 198 g/mol. The first-order valence-corrected chi connectivity index (χ1v) is 6.08. The van der Waals surface area contributed by atoms with Gasteiger partial charge < -0.3 is 4.90 Å². The summed E-state index contributed by atoms with van der Waals surface area (Å²) in [6.45, 7) is 7.11. The standard InChI is InChI=1S/C14H19NO/c1-4-12(5-2)15-9-11-8-6-7-10(3)13(11)14(15)16/h6-8,12H,4-5,9H2,1-3H3. The van der Waals surface area contributed by atoms with Gasteiger partial charge in [-0.15, -0.1) is 0 Å². The number of fused-ring (bicyclic) bond motifs is 1. The van der Waals surface area contributed by atoms with Crippen LogP contribution in [0.15, 0.2) is 18.2 Å². The van der Waals surface area contributed by atoms with E-state index in [0.717, 1.165) is 30.5 Å². The van der Waals surface area contributed by atoms with E-state index in [0.29, 0.717) is 6.04 Å². The van der Waals surface area contributed by atoms with E-state index in [-0.39, 0.29) is 5.91 Å². The summed E-state index contributed by atoms with van der Waals surface area (Å²) >= 11 is 0. The molecule has 0 bridgehead atoms. The zero-order valence-corrected chi connectivity index (χ0v) is 10.3. The largest absolute Gasteiger partial charge is 0.331 e. The van der Waals surface area contributed by atoms with Crippen molar-refractivity contribution in [2.24, 2.45) is 0 Å². The lowest BCUT2D eigenvalue weighted by atomic mass is 10.0. The lowest BCUT2D eigenvalue weighted by Crippen LogP contribution is -2.34. The number of amides is 1. The molecule has 16 heavy (non-hydrogen) atoms. The van der Waals surface area contributed by atoms with E-state index in [1.807, 2.05) is 24.0 Å². The normalized spacial score (nSPS) is 14.8. The number of benzene rings is 1. The number of nitrogens with zero attached hydrogens (tertiary/aromatic N) is 1. The maximum Gasteiger partial charge on any atom is 0.255 e. The van der Waals surface area contributed by atoms with Crippen LogP contribution in [-0.4, -0.2) is 16.8 Å². The smallest absolute Gasteiger partial charge is 0.255 e. The van der Waals surface area contributed by atoms with E-state index in [2.05, 4.69) is 19.9 Å². The molecule has 0 atom stereocenters. The van der Waals surface area contributed by atoms with Gasteiger partial charge in [-0.25, -0.2) is 0 Å². The fourth-order valence-corrected chi connectivity index (χ4v) is 2.59. The molecule has 1 aliphatic heterocycles. The Kier molecular flexibility index (Phi) is 2.99. The van der Waals surface area contributed by atoms with Gasteiger partial charge in [0, 0.05) is 18.2 Å². The Hall–Kier alpha value is -1.31. The molecule has 0 radical (unpaired) electrons. The van der Waals surface area contributed by atoms with Gasteiger partial charge >= 0.3 is 0 Å². The van der Waals surface area contributed by atoms with Crippen LogP contribution in [0.5, 0.6) is 0 Å². The van der Waals surface area contributed by atoms with Crippen LogP contribution in [0.1, 0.15) is 48.2 Å². The first kappa shape index (κ1) is 11.2. The van der Waals surface area contributed by atoms with Crippen molar-refractivity contribution < 1.29 is 4.79 Å². The summed E-state index contributed by atoms with van der Waals surface area (Å²) in [5.41, 5.74) is 3.24. The zero-order valence-electron chi connectivity index (χ0n) is 10.3. The van der Waals surface area contributed by atoms with Crippen molar-refractivity contribution >= 4 is 5.91 Å². The number of carbonyl (C=O) groups excluding carboxylic acids is 1. The molecule has 2 nitrogen and oxygen atoms in total. The topological polar surface area (TPSA) is 20.3 Å². The Balaban J connectivity index is 2.34. The van der Waals surface area contributed by atoms with Crippen molar-refractivity contribution in [1.82, 2.24) is 4.90 Å². The summed E-state index contributed by atoms with van der Waals surface area (Å²) in [6, 6.07) is 6.52. The van der Waals surface area contributed by atoms with Gasteiger partial charge in [-0.1, -0.05) is 32.0 Å². The van der Waals surface area contributed by atoms with Crippen LogP contribution >= 0.6 is 0 Å². The predicted molar refractivity (Wildman–Crippen MR) is 65.4 cm³/mol. The van der Waals surface area contributed by atoms with Gasteiger partial charge in [-0.05, 0) is 30.9 Å². The maximum absolute atomic E-state index is 12.3. The summed E-state index contributed by atoms with van der Waals surface area (Å²) in [5, 5.41) is 0. The van der Waals surface area contributed by atoms with Gasteiger partial charge in [0.25, 0.3) is 5.91 Å². The highest BCUT2D eigenvalue weighted by Crippen LogP contribution is 2.28. The summed E-state index contributed by atoms with van der Waals surface area (Å²) in [6.07, 6.45) is 2.07. The van der Waals surface area contributed by atoms with Gasteiger partial charge in [0.05, 0.1) is 0 Å². The van der Waals surface area contributed by atoms with Gasteiger partial charge in [0.1, 0.15) is 0 Å². The number of carbonyl (C=O) groups is 1. The molecule has 0 aliphatic carbocycles. The Bertz CT molecular complexity index is 407. The summed E-state index contributed by atoms with van der Waals surface area (Å²) < 4.78 is 0. The van der Waals surface area contributed by atoms with Gasteiger partial charge in [-0.2, -0.15) is 0 Å². The fraction of sp³-hybridized carbons (Fsp3) is 0.500. The van der Waals surface area contributed by atoms with Crippen LogP contribution in [0.2, 0.25) is 0 Å². The SMILES string of the molecule is CCC(CC)N1Cc2cccc(C)c2C1=O. The first-order valence-electron chi connectivity index (χ1n) is 6.08. The van der Waals surface area contributed by atoms with Gasteiger partial charge in [0.15, 0.2) is 0 Å². The molecule has 1 aromatic carbocycles. The average molecular weight is 217 g/mol. The third-order valence-corrected chi connectivity index (χ3v) is 3.56. The molecule has 0 aromatic heterocycles. The van der Waals surface area contributed by atoms with Crippen molar-refractivity contribution in [3.05, 3.63) is 34.9 Å². The number of hydrogen-bond donors (Lipinski definition) is 0. The second kappa shape index (κ2) is 4.28. The predicted octanol–water partition coefficient (Wildman–Crippen LogP) is 3.14. The van der Waals surface area contributed by atoms with E-state index < -0.39 is 0 Å². The summed E-state index contributed by atoms with van der Waals surface area (Å²) in [7, 11) is 0. The molecule has 2 rings (SSSR count). The van der Waals surface area contributed by atoms with Crippen molar-refractivity contribution in [3.63, 3.8) is 0 Å². The molecule has 0 spiro atoms. The molecule has 0 saturated carbocycles. The summed E-state index contributed by atoms with van der Waals surface area (Å²) in [4.78, 5) is 14.3. The number of rotatable bonds is 3. The molecule has 1 heterocycles. The average Bonchev–Trinajstić information content (AvgIpc) is 2.60. The van der Waals surface area contributed by atoms with Crippen LogP contribution in [0.4, 0.5) is 0 Å². The fourth-order valence-electron chi connectivity index (χ4n) is 2.59. The second-order valence-corrected chi connectivity index (χ2v) is 4.51. The minimum absolute atomic E-state index is 0.224. The van der Waals surface area contributed by atoms with Crippen LogP contribution in [0.25, 0.3) is 0 Å². The monoisotopic (exact) mass is 217 g/mol. The molecule has 0 fully saturated rings. The lowest BCUT2D eigenvalue weighted by Gasteiger charge is -2.25. The first-order chi connectivity index (χ1) is 7.69. The molecular formula is C14H19NO. The Morgan fingerprint density at radius 2 is 2.00 bits per heavy atom. The highest BCUT2D eigenvalue weighted by molar-refractivity contribution is 5.99. The van der Waals surface area contributed by atoms with E-state index in [9.17, 15) is 4.79 Å². The quantitative estimate of drug-likeness (QED) is 0.761. The van der Waals surface area contributed by atoms with E-state index in [1.165, 1.54) is 5.56 Å². The third kappa shape index (κ3) is 1.62. The van der Waals surface area contributed by atoms with Crippen molar-refractivity contribution in [1.29, 1.82) is 0 Å². The van der Waals surface area contributed by atoms with Crippen LogP contribution in [0.3, 0.4) is 0 Å². The van der Waals surface area contributed by atoms with E-state index >= 15 is 0 Å². The zero-order chi connectivity index (χ0) is 11.7. The van der Waals surface area contributed by atoms with Crippen molar-refractivity contribution in [2.75, 3.05) is 0 Å². The summed E-state index contributed by atoms with van der Waals surface area (Å²) in [5.74, 6) is 0.224. The van der Waals surface area contributed by atoms with Crippen LogP contribution in [0, 0.1) is 6.92 Å². The van der Waals surface area contributed by atoms with Gasteiger partial charge in [0.2, 0.25) is 0 Å². The molecule has 0 unspecified atom stereocenters. The third-order valence-electron chi connectivity index (χ3n) is 3.56. The number of hydrogen-bond acceptors (Lipinski definition) is 1. The number of aryl methyl sites for hydroxylation is 1. The van der Waals surface area contributed by atoms with Gasteiger partial charge in [-0.3, -0.25) is 4.79 Å². The second-order valence-electron chi connectivity index (χ2n) is 4.51. The molecule has 0 saturated heterocycles. The van der Waals surface area contributed by atoms with Crippen LogP contribution < -0.4 is 0 Å². The van der Waals surface area contributed by atoms with Crippen molar-refractivity contribution in [2.45, 2.75) is 46.2 Å². The Labute approximate surface area is 97.3 Å². The minimum atomic E-state index is 0.224. The molecule has 2 heteroatoms. The van der Waals surface area contributed by atoms with Crippen LogP contribution in [-0.2, 0) is 6.54 Å². The molecule has 86 valence electrons. The molecule has 1 amide bonds. The molecule has 0 N–H and O–H groups in total. The maximum atomic E-state index is 12.3. The van der Waals surface area contributed by atoms with E-state index in [4.69, 9.17) is 0 Å². The molecule has 1 aromatic rings. The Morgan fingerprint density at radius 3 is 2.56 bits per heavy atom. The molecule has 1 aliphatic rings. The highest BCUT2D eigenvalue weighted by Gasteiger charge is 2.31. The lowest BCUT2D eigenvalue weighted by molar-refractivity contribution is 0.0692. The van der Waals surface area contributed by atoms with E-state index in [1.54, 1.807) is 0 Å². The minimum Gasteiger partial charge on any atom is -0.331 e. The Morgan fingerprint density at radius 1 is 1.31 bits per heavy atom.